The smallest absolute Gasteiger partial charge is 0.191 e. The molecule has 0 saturated carbocycles. The molecule has 1 aliphatic heterocycles. The van der Waals surface area contributed by atoms with Gasteiger partial charge in [-0.15, -0.1) is 0 Å². The summed E-state index contributed by atoms with van der Waals surface area (Å²) < 4.78 is 0. The average molecular weight is 169 g/mol. The summed E-state index contributed by atoms with van der Waals surface area (Å²) in [6, 6.07) is 0.652. The Morgan fingerprint density at radius 3 is 3.00 bits per heavy atom. The second-order valence-corrected chi connectivity index (χ2v) is 3.36. The van der Waals surface area contributed by atoms with E-state index in [0.717, 1.165) is 6.54 Å². The Labute approximate surface area is 74.6 Å². The van der Waals surface area contributed by atoms with Gasteiger partial charge in [-0.2, -0.15) is 0 Å². The van der Waals surface area contributed by atoms with Crippen molar-refractivity contribution in [3.05, 3.63) is 0 Å². The van der Waals surface area contributed by atoms with Crippen LogP contribution in [0.25, 0.3) is 0 Å². The fraction of sp³-hybridized carbons (Fsp3) is 0.889. The lowest BCUT2D eigenvalue weighted by Gasteiger charge is -2.24. The molecule has 0 bridgehead atoms. The van der Waals surface area contributed by atoms with Crippen LogP contribution in [0.5, 0.6) is 0 Å². The summed E-state index contributed by atoms with van der Waals surface area (Å²) in [5.74, 6) is 0.714. The summed E-state index contributed by atoms with van der Waals surface area (Å²) in [7, 11) is 1.76. The fourth-order valence-corrected chi connectivity index (χ4v) is 1.90. The van der Waals surface area contributed by atoms with Crippen molar-refractivity contribution in [3.8, 4) is 0 Å². The van der Waals surface area contributed by atoms with Gasteiger partial charge >= 0.3 is 0 Å². The molecule has 0 aromatic rings. The first-order valence-electron chi connectivity index (χ1n) is 4.78. The summed E-state index contributed by atoms with van der Waals surface area (Å²) >= 11 is 0. The molecule has 0 radical (unpaired) electrons. The lowest BCUT2D eigenvalue weighted by Crippen LogP contribution is -2.40. The highest BCUT2D eigenvalue weighted by atomic mass is 15.3. The second kappa shape index (κ2) is 4.33. The van der Waals surface area contributed by atoms with Crippen LogP contribution < -0.4 is 5.73 Å². The summed E-state index contributed by atoms with van der Waals surface area (Å²) in [5.41, 5.74) is 5.77. The number of guanidine groups is 1. The predicted molar refractivity (Wildman–Crippen MR) is 52.2 cm³/mol. The average Bonchev–Trinajstić information content (AvgIpc) is 2.52. The molecule has 0 aromatic heterocycles. The van der Waals surface area contributed by atoms with E-state index in [1.54, 1.807) is 7.05 Å². The van der Waals surface area contributed by atoms with Crippen LogP contribution in [-0.4, -0.2) is 30.5 Å². The number of aliphatic imine (C=N–C) groups is 1. The molecule has 70 valence electrons. The Hall–Kier alpha value is -0.730. The van der Waals surface area contributed by atoms with Gasteiger partial charge in [0, 0.05) is 19.6 Å². The van der Waals surface area contributed by atoms with Crippen LogP contribution in [0.15, 0.2) is 4.99 Å². The van der Waals surface area contributed by atoms with Gasteiger partial charge in [-0.3, -0.25) is 4.99 Å². The van der Waals surface area contributed by atoms with E-state index in [1.165, 1.54) is 25.7 Å². The second-order valence-electron chi connectivity index (χ2n) is 3.36. The van der Waals surface area contributed by atoms with Crippen molar-refractivity contribution in [2.75, 3.05) is 13.6 Å². The van der Waals surface area contributed by atoms with Gasteiger partial charge in [0.25, 0.3) is 0 Å². The molecule has 3 heteroatoms. The van der Waals surface area contributed by atoms with E-state index in [2.05, 4.69) is 16.8 Å². The lowest BCUT2D eigenvalue weighted by molar-refractivity contribution is 0.362. The van der Waals surface area contributed by atoms with Crippen molar-refractivity contribution in [1.29, 1.82) is 0 Å². The van der Waals surface area contributed by atoms with Crippen LogP contribution in [0.4, 0.5) is 0 Å². The van der Waals surface area contributed by atoms with Gasteiger partial charge < -0.3 is 10.6 Å². The zero-order chi connectivity index (χ0) is 8.97. The largest absolute Gasteiger partial charge is 0.370 e. The highest BCUT2D eigenvalue weighted by molar-refractivity contribution is 5.78. The predicted octanol–water partition coefficient (Wildman–Crippen LogP) is 1.20. The summed E-state index contributed by atoms with van der Waals surface area (Å²) in [6.45, 7) is 3.31. The molecule has 1 aliphatic rings. The van der Waals surface area contributed by atoms with Gasteiger partial charge in [-0.05, 0) is 19.3 Å². The van der Waals surface area contributed by atoms with Crippen molar-refractivity contribution in [3.63, 3.8) is 0 Å². The maximum absolute atomic E-state index is 5.77. The third-order valence-corrected chi connectivity index (χ3v) is 2.52. The highest BCUT2D eigenvalue weighted by Gasteiger charge is 2.24. The van der Waals surface area contributed by atoms with Crippen LogP contribution in [0, 0.1) is 0 Å². The van der Waals surface area contributed by atoms with Crippen LogP contribution in [0.2, 0.25) is 0 Å². The van der Waals surface area contributed by atoms with Crippen LogP contribution >= 0.6 is 0 Å². The Bertz CT molecular complexity index is 165. The van der Waals surface area contributed by atoms with E-state index in [9.17, 15) is 0 Å². The maximum Gasteiger partial charge on any atom is 0.191 e. The van der Waals surface area contributed by atoms with Crippen LogP contribution in [0.1, 0.15) is 32.6 Å². The van der Waals surface area contributed by atoms with E-state index in [0.29, 0.717) is 12.0 Å². The zero-order valence-corrected chi connectivity index (χ0v) is 8.08. The minimum Gasteiger partial charge on any atom is -0.370 e. The minimum absolute atomic E-state index is 0.652. The van der Waals surface area contributed by atoms with Gasteiger partial charge in [0.2, 0.25) is 0 Å². The monoisotopic (exact) mass is 169 g/mol. The number of nitrogens with two attached hydrogens (primary N) is 1. The molecule has 0 aromatic carbocycles. The number of likely N-dealkylation sites (tertiary alicyclic amines) is 1. The van der Waals surface area contributed by atoms with Crippen molar-refractivity contribution >= 4 is 5.96 Å². The standard InChI is InChI=1S/C9H19N3/c1-3-5-8-6-4-7-12(8)9(10)11-2/h8H,3-7H2,1-2H3,(H2,10,11). The molecule has 1 unspecified atom stereocenters. The summed E-state index contributed by atoms with van der Waals surface area (Å²) in [6.07, 6.45) is 5.03. The van der Waals surface area contributed by atoms with Gasteiger partial charge in [-0.25, -0.2) is 0 Å². The third-order valence-electron chi connectivity index (χ3n) is 2.52. The molecule has 1 fully saturated rings. The molecular formula is C9H19N3. The Morgan fingerprint density at radius 2 is 2.42 bits per heavy atom. The van der Waals surface area contributed by atoms with E-state index in [-0.39, 0.29) is 0 Å². The van der Waals surface area contributed by atoms with Crippen LogP contribution in [-0.2, 0) is 0 Å². The first-order chi connectivity index (χ1) is 5.79. The molecule has 0 aliphatic carbocycles. The fourth-order valence-electron chi connectivity index (χ4n) is 1.90. The Kier molecular flexibility index (Phi) is 3.38. The third kappa shape index (κ3) is 1.90. The molecule has 1 rings (SSSR count). The molecule has 0 amide bonds. The van der Waals surface area contributed by atoms with Crippen molar-refractivity contribution < 1.29 is 0 Å². The molecule has 1 atom stereocenters. The SMILES string of the molecule is CCCC1CCCN1C(N)=NC. The normalized spacial score (nSPS) is 25.0. The summed E-state index contributed by atoms with van der Waals surface area (Å²) in [5, 5.41) is 0. The lowest BCUT2D eigenvalue weighted by atomic mass is 10.1. The maximum atomic E-state index is 5.77. The number of hydrogen-bond donors (Lipinski definition) is 1. The number of nitrogens with zero attached hydrogens (tertiary/aromatic N) is 2. The first kappa shape index (κ1) is 9.36. The molecule has 1 heterocycles. The molecule has 3 nitrogen and oxygen atoms in total. The van der Waals surface area contributed by atoms with Crippen LogP contribution in [0.3, 0.4) is 0 Å². The minimum atomic E-state index is 0.652. The molecule has 2 N–H and O–H groups in total. The molecule has 1 saturated heterocycles. The van der Waals surface area contributed by atoms with Gasteiger partial charge in [0.15, 0.2) is 5.96 Å². The topological polar surface area (TPSA) is 41.6 Å². The summed E-state index contributed by atoms with van der Waals surface area (Å²) in [4.78, 5) is 6.26. The van der Waals surface area contributed by atoms with Crippen molar-refractivity contribution in [1.82, 2.24) is 4.90 Å². The van der Waals surface area contributed by atoms with Gasteiger partial charge in [0.1, 0.15) is 0 Å². The zero-order valence-electron chi connectivity index (χ0n) is 8.08. The number of hydrogen-bond acceptors (Lipinski definition) is 1. The van der Waals surface area contributed by atoms with E-state index in [1.807, 2.05) is 0 Å². The van der Waals surface area contributed by atoms with E-state index in [4.69, 9.17) is 5.73 Å². The van der Waals surface area contributed by atoms with E-state index < -0.39 is 0 Å². The quantitative estimate of drug-likeness (QED) is 0.498. The molecule has 12 heavy (non-hydrogen) atoms. The first-order valence-corrected chi connectivity index (χ1v) is 4.78. The highest BCUT2D eigenvalue weighted by Crippen LogP contribution is 2.20. The van der Waals surface area contributed by atoms with E-state index >= 15 is 0 Å². The van der Waals surface area contributed by atoms with Crippen molar-refractivity contribution in [2.24, 2.45) is 10.7 Å². The Morgan fingerprint density at radius 1 is 1.67 bits per heavy atom. The molecular weight excluding hydrogens is 150 g/mol. The molecule has 0 spiro atoms. The van der Waals surface area contributed by atoms with Gasteiger partial charge in [-0.1, -0.05) is 13.3 Å². The number of rotatable bonds is 2. The van der Waals surface area contributed by atoms with Gasteiger partial charge in [0.05, 0.1) is 0 Å². The Balaban J connectivity index is 2.51. The van der Waals surface area contributed by atoms with Crippen molar-refractivity contribution in [2.45, 2.75) is 38.6 Å².